The second-order valence-corrected chi connectivity index (χ2v) is 8.73. The van der Waals surface area contributed by atoms with E-state index in [1.54, 1.807) is 48.0 Å². The number of furan rings is 1. The largest absolute Gasteiger partial charge is 0.467 e. The minimum Gasteiger partial charge on any atom is -0.467 e. The van der Waals surface area contributed by atoms with Crippen LogP contribution in [0.2, 0.25) is 0 Å². The fraction of sp³-hybridized carbons (Fsp3) is 0.304. The molecule has 0 saturated carbocycles. The monoisotopic (exact) mass is 454 g/mol. The van der Waals surface area contributed by atoms with Crippen molar-refractivity contribution in [2.75, 3.05) is 11.4 Å². The number of pyridine rings is 1. The number of rotatable bonds is 9. The average Bonchev–Trinajstić information content (AvgIpc) is 3.50. The third kappa shape index (κ3) is 5.61. The molecule has 0 bridgehead atoms. The number of carbonyl (C=O) groups excluding carboxylic acids is 3. The molecule has 3 aromatic rings. The Morgan fingerprint density at radius 1 is 1.19 bits per heavy atom. The van der Waals surface area contributed by atoms with E-state index < -0.39 is 23.4 Å². The molecule has 0 unspecified atom stereocenters. The minimum atomic E-state index is -1.08. The summed E-state index contributed by atoms with van der Waals surface area (Å²) in [6.45, 7) is 5.47. The Labute approximate surface area is 190 Å². The quantitative estimate of drug-likeness (QED) is 0.515. The van der Waals surface area contributed by atoms with Crippen LogP contribution < -0.4 is 15.5 Å². The number of anilines is 1. The third-order valence-electron chi connectivity index (χ3n) is 5.00. The molecule has 3 amide bonds. The topological polar surface area (TPSA) is 105 Å². The van der Waals surface area contributed by atoms with Crippen molar-refractivity contribution in [3.8, 4) is 0 Å². The van der Waals surface area contributed by atoms with Gasteiger partial charge in [-0.15, -0.1) is 11.3 Å². The Morgan fingerprint density at radius 3 is 2.59 bits per heavy atom. The van der Waals surface area contributed by atoms with Gasteiger partial charge >= 0.3 is 0 Å². The fourth-order valence-electron chi connectivity index (χ4n) is 2.98. The van der Waals surface area contributed by atoms with E-state index in [9.17, 15) is 14.4 Å². The summed E-state index contributed by atoms with van der Waals surface area (Å²) in [5.74, 6) is -0.927. The lowest BCUT2D eigenvalue weighted by molar-refractivity contribution is -0.128. The lowest BCUT2D eigenvalue weighted by Gasteiger charge is -2.33. The van der Waals surface area contributed by atoms with Crippen LogP contribution in [0.15, 0.2) is 64.9 Å². The van der Waals surface area contributed by atoms with Gasteiger partial charge in [0.15, 0.2) is 6.04 Å². The zero-order chi connectivity index (χ0) is 23.1. The molecule has 3 heterocycles. The molecule has 0 spiro atoms. The van der Waals surface area contributed by atoms with Gasteiger partial charge in [-0.2, -0.15) is 0 Å². The Balaban J connectivity index is 1.93. The summed E-state index contributed by atoms with van der Waals surface area (Å²) < 4.78 is 5.54. The first-order chi connectivity index (χ1) is 15.3. The van der Waals surface area contributed by atoms with Crippen molar-refractivity contribution in [1.82, 2.24) is 15.6 Å². The van der Waals surface area contributed by atoms with Crippen molar-refractivity contribution in [3.05, 3.63) is 71.1 Å². The summed E-state index contributed by atoms with van der Waals surface area (Å²) in [5, 5.41) is 7.40. The van der Waals surface area contributed by atoms with Crippen molar-refractivity contribution in [3.63, 3.8) is 0 Å². The van der Waals surface area contributed by atoms with Crippen molar-refractivity contribution in [1.29, 1.82) is 0 Å². The normalized spacial score (nSPS) is 12.1. The zero-order valence-electron chi connectivity index (χ0n) is 18.2. The fourth-order valence-corrected chi connectivity index (χ4v) is 3.62. The molecule has 3 aromatic heterocycles. The number of hydrogen-bond acceptors (Lipinski definition) is 6. The van der Waals surface area contributed by atoms with Crippen LogP contribution in [0.1, 0.15) is 48.7 Å². The molecule has 1 atom stereocenters. The highest BCUT2D eigenvalue weighted by Gasteiger charge is 2.36. The van der Waals surface area contributed by atoms with Gasteiger partial charge in [-0.1, -0.05) is 13.0 Å². The first-order valence-corrected chi connectivity index (χ1v) is 11.1. The van der Waals surface area contributed by atoms with Crippen LogP contribution in [0, 0.1) is 0 Å². The predicted octanol–water partition coefficient (Wildman–Crippen LogP) is 3.55. The molecule has 168 valence electrons. The molecule has 8 nitrogen and oxygen atoms in total. The molecule has 0 radical (unpaired) electrons. The van der Waals surface area contributed by atoms with Crippen LogP contribution in [0.5, 0.6) is 0 Å². The summed E-state index contributed by atoms with van der Waals surface area (Å²) in [7, 11) is 0. The second-order valence-electron chi connectivity index (χ2n) is 7.78. The average molecular weight is 455 g/mol. The maximum Gasteiger partial charge on any atom is 0.261 e. The standard InChI is InChI=1S/C23H26N4O4S/c1-4-23(2,3)26-22(30)20(17-9-6-12-31-17)27(16-8-5-11-24-14-16)19(28)15-25-21(29)18-10-7-13-32-18/h5-14,20H,4,15H2,1-3H3,(H,25,29)(H,26,30)/t20-/m0/s1. The Bertz CT molecular complexity index is 1030. The molecule has 0 aliphatic rings. The van der Waals surface area contributed by atoms with E-state index in [4.69, 9.17) is 4.42 Å². The lowest BCUT2D eigenvalue weighted by atomic mass is 10.0. The second kappa shape index (κ2) is 10.2. The van der Waals surface area contributed by atoms with Gasteiger partial charge in [-0.3, -0.25) is 24.3 Å². The molecule has 0 aromatic carbocycles. The Kier molecular flexibility index (Phi) is 7.42. The smallest absolute Gasteiger partial charge is 0.261 e. The summed E-state index contributed by atoms with van der Waals surface area (Å²) in [5.41, 5.74) is -0.0763. The van der Waals surface area contributed by atoms with Gasteiger partial charge < -0.3 is 15.1 Å². The molecule has 0 saturated heterocycles. The molecular weight excluding hydrogens is 428 g/mol. The lowest BCUT2D eigenvalue weighted by Crippen LogP contribution is -2.52. The van der Waals surface area contributed by atoms with E-state index in [2.05, 4.69) is 15.6 Å². The maximum atomic E-state index is 13.4. The Hall–Kier alpha value is -3.46. The summed E-state index contributed by atoms with van der Waals surface area (Å²) in [6, 6.07) is 9.01. The van der Waals surface area contributed by atoms with E-state index in [1.165, 1.54) is 28.7 Å². The van der Waals surface area contributed by atoms with Gasteiger partial charge in [-0.25, -0.2) is 0 Å². The highest BCUT2D eigenvalue weighted by molar-refractivity contribution is 7.12. The van der Waals surface area contributed by atoms with E-state index in [-0.39, 0.29) is 12.5 Å². The molecular formula is C23H26N4O4S. The number of hydrogen-bond donors (Lipinski definition) is 2. The predicted molar refractivity (Wildman–Crippen MR) is 122 cm³/mol. The van der Waals surface area contributed by atoms with Crippen LogP contribution in [0.4, 0.5) is 5.69 Å². The van der Waals surface area contributed by atoms with Crippen LogP contribution in [-0.2, 0) is 9.59 Å². The SMILES string of the molecule is CCC(C)(C)NC(=O)[C@H](c1ccco1)N(C(=O)CNC(=O)c1cccs1)c1cccnc1. The number of amides is 3. The molecule has 3 rings (SSSR count). The van der Waals surface area contributed by atoms with Gasteiger partial charge in [-0.05, 0) is 56.0 Å². The molecule has 32 heavy (non-hydrogen) atoms. The number of nitrogens with one attached hydrogen (secondary N) is 2. The molecule has 0 aliphatic heterocycles. The maximum absolute atomic E-state index is 13.4. The van der Waals surface area contributed by atoms with Crippen LogP contribution >= 0.6 is 11.3 Å². The van der Waals surface area contributed by atoms with Crippen molar-refractivity contribution in [2.45, 2.75) is 38.8 Å². The number of nitrogens with zero attached hydrogens (tertiary/aromatic N) is 2. The van der Waals surface area contributed by atoms with Crippen LogP contribution in [0.25, 0.3) is 0 Å². The van der Waals surface area contributed by atoms with E-state index in [0.717, 1.165) is 0 Å². The number of aromatic nitrogens is 1. The van der Waals surface area contributed by atoms with Gasteiger partial charge in [0.25, 0.3) is 11.8 Å². The highest BCUT2D eigenvalue weighted by atomic mass is 32.1. The first kappa shape index (κ1) is 23.2. The first-order valence-electron chi connectivity index (χ1n) is 10.2. The molecule has 9 heteroatoms. The summed E-state index contributed by atoms with van der Waals surface area (Å²) in [6.07, 6.45) is 5.21. The molecule has 0 aliphatic carbocycles. The van der Waals surface area contributed by atoms with Crippen molar-refractivity contribution < 1.29 is 18.8 Å². The van der Waals surface area contributed by atoms with Crippen LogP contribution in [-0.4, -0.2) is 34.8 Å². The Morgan fingerprint density at radius 2 is 2.00 bits per heavy atom. The summed E-state index contributed by atoms with van der Waals surface area (Å²) in [4.78, 5) is 45.0. The van der Waals surface area contributed by atoms with Gasteiger partial charge in [0.1, 0.15) is 5.76 Å². The van der Waals surface area contributed by atoms with Gasteiger partial charge in [0.05, 0.1) is 29.6 Å². The van der Waals surface area contributed by atoms with Crippen molar-refractivity contribution in [2.24, 2.45) is 0 Å². The minimum absolute atomic E-state index is 0.298. The third-order valence-corrected chi connectivity index (χ3v) is 5.87. The number of carbonyl (C=O) groups is 3. The van der Waals surface area contributed by atoms with E-state index >= 15 is 0 Å². The van der Waals surface area contributed by atoms with Gasteiger partial charge in [0, 0.05) is 11.7 Å². The number of thiophene rings is 1. The van der Waals surface area contributed by atoms with E-state index in [0.29, 0.717) is 22.7 Å². The van der Waals surface area contributed by atoms with Crippen LogP contribution in [0.3, 0.4) is 0 Å². The van der Waals surface area contributed by atoms with E-state index in [1.807, 2.05) is 20.8 Å². The summed E-state index contributed by atoms with van der Waals surface area (Å²) >= 11 is 1.28. The highest BCUT2D eigenvalue weighted by Crippen LogP contribution is 2.28. The molecule has 2 N–H and O–H groups in total. The van der Waals surface area contributed by atoms with Crippen molar-refractivity contribution >= 4 is 34.7 Å². The van der Waals surface area contributed by atoms with Gasteiger partial charge in [0.2, 0.25) is 5.91 Å². The molecule has 0 fully saturated rings. The zero-order valence-corrected chi connectivity index (χ0v) is 19.0.